The highest BCUT2D eigenvalue weighted by Gasteiger charge is 2.41. The van der Waals surface area contributed by atoms with Crippen molar-refractivity contribution in [1.29, 1.82) is 0 Å². The zero-order valence-electron chi connectivity index (χ0n) is 17.9. The van der Waals surface area contributed by atoms with Gasteiger partial charge >= 0.3 is 6.18 Å². The summed E-state index contributed by atoms with van der Waals surface area (Å²) in [6, 6.07) is 2.99. The minimum atomic E-state index is -4.90. The van der Waals surface area contributed by atoms with Gasteiger partial charge in [0.15, 0.2) is 11.5 Å². The number of fused-ring (bicyclic) bond motifs is 1. The van der Waals surface area contributed by atoms with Crippen LogP contribution in [0.3, 0.4) is 0 Å². The molecule has 34 heavy (non-hydrogen) atoms. The summed E-state index contributed by atoms with van der Waals surface area (Å²) in [5.41, 5.74) is -0.446. The molecule has 0 radical (unpaired) electrons. The number of nitrogens with zero attached hydrogens (tertiary/aromatic N) is 2. The number of amides is 1. The van der Waals surface area contributed by atoms with Gasteiger partial charge in [-0.2, -0.15) is 13.2 Å². The van der Waals surface area contributed by atoms with Crippen LogP contribution in [0, 0.1) is 13.8 Å². The summed E-state index contributed by atoms with van der Waals surface area (Å²) in [5.74, 6) is -1.04. The van der Waals surface area contributed by atoms with Gasteiger partial charge in [-0.25, -0.2) is 0 Å². The summed E-state index contributed by atoms with van der Waals surface area (Å²) in [5, 5.41) is 12.3. The standard InChI is InChI=1S/C22H18Cl2F3N3O4/c1-9-5-10(2)28-20(32)13(9)7-30-4-3-11-14(23)6-12(18(24)17(11)21(30)33)16-15(8-31)34-29-19(16)22(25,26)27/h5-6,31H,3-4,7-8H2,1-2H3,(H,28,32). The van der Waals surface area contributed by atoms with Crippen molar-refractivity contribution in [2.45, 2.75) is 39.6 Å². The number of aliphatic hydroxyl groups excluding tert-OH is 1. The molecule has 0 fully saturated rings. The number of rotatable bonds is 4. The van der Waals surface area contributed by atoms with E-state index in [2.05, 4.69) is 14.7 Å². The Morgan fingerprint density at radius 3 is 2.53 bits per heavy atom. The van der Waals surface area contributed by atoms with Gasteiger partial charge in [-0.05, 0) is 43.5 Å². The first-order chi connectivity index (χ1) is 15.9. The molecule has 0 spiro atoms. The van der Waals surface area contributed by atoms with E-state index in [1.807, 2.05) is 0 Å². The molecule has 12 heteroatoms. The molecule has 1 aromatic carbocycles. The third kappa shape index (κ3) is 4.10. The largest absolute Gasteiger partial charge is 0.437 e. The van der Waals surface area contributed by atoms with E-state index >= 15 is 0 Å². The zero-order chi connectivity index (χ0) is 24.9. The molecule has 1 amide bonds. The van der Waals surface area contributed by atoms with Crippen LogP contribution >= 0.6 is 23.2 Å². The first-order valence-electron chi connectivity index (χ1n) is 10.1. The van der Waals surface area contributed by atoms with Gasteiger partial charge in [-0.3, -0.25) is 9.59 Å². The van der Waals surface area contributed by atoms with Crippen molar-refractivity contribution in [3.8, 4) is 11.1 Å². The fourth-order valence-corrected chi connectivity index (χ4v) is 4.78. The van der Waals surface area contributed by atoms with Crippen LogP contribution in [0.1, 0.15) is 44.2 Å². The van der Waals surface area contributed by atoms with E-state index in [1.165, 1.54) is 11.0 Å². The minimum Gasteiger partial charge on any atom is -0.388 e. The van der Waals surface area contributed by atoms with Gasteiger partial charge in [-0.1, -0.05) is 28.4 Å². The lowest BCUT2D eigenvalue weighted by Crippen LogP contribution is -2.39. The lowest BCUT2D eigenvalue weighted by Gasteiger charge is -2.30. The Morgan fingerprint density at radius 2 is 1.91 bits per heavy atom. The number of aromatic nitrogens is 2. The van der Waals surface area contributed by atoms with Crippen molar-refractivity contribution in [2.24, 2.45) is 0 Å². The van der Waals surface area contributed by atoms with Crippen LogP contribution in [-0.4, -0.2) is 32.6 Å². The van der Waals surface area contributed by atoms with E-state index in [9.17, 15) is 27.9 Å². The van der Waals surface area contributed by atoms with Crippen LogP contribution in [0.5, 0.6) is 0 Å². The van der Waals surface area contributed by atoms with Gasteiger partial charge in [0.2, 0.25) is 0 Å². The molecule has 4 rings (SSSR count). The summed E-state index contributed by atoms with van der Waals surface area (Å²) in [7, 11) is 0. The number of hydrogen-bond acceptors (Lipinski definition) is 5. The number of nitrogens with one attached hydrogen (secondary N) is 1. The van der Waals surface area contributed by atoms with Gasteiger partial charge in [-0.15, -0.1) is 0 Å². The molecule has 2 aromatic heterocycles. The third-order valence-corrected chi connectivity index (χ3v) is 6.47. The number of hydrogen-bond donors (Lipinski definition) is 2. The molecule has 0 atom stereocenters. The molecule has 3 heterocycles. The van der Waals surface area contributed by atoms with Crippen molar-refractivity contribution >= 4 is 29.1 Å². The fourth-order valence-electron chi connectivity index (χ4n) is 4.14. The first-order valence-corrected chi connectivity index (χ1v) is 10.9. The highest BCUT2D eigenvalue weighted by atomic mass is 35.5. The molecule has 0 unspecified atom stereocenters. The van der Waals surface area contributed by atoms with Gasteiger partial charge < -0.3 is 19.5 Å². The second-order valence-corrected chi connectivity index (χ2v) is 8.76. The van der Waals surface area contributed by atoms with Crippen LogP contribution in [0.4, 0.5) is 13.2 Å². The molecule has 1 aliphatic rings. The Balaban J connectivity index is 1.83. The predicted octanol–water partition coefficient (Wildman–Crippen LogP) is 4.66. The van der Waals surface area contributed by atoms with Crippen molar-refractivity contribution in [1.82, 2.24) is 15.0 Å². The molecule has 1 aliphatic heterocycles. The summed E-state index contributed by atoms with van der Waals surface area (Å²) in [4.78, 5) is 29.9. The average Bonchev–Trinajstić information content (AvgIpc) is 3.18. The summed E-state index contributed by atoms with van der Waals surface area (Å²) < 4.78 is 45.3. The maximum Gasteiger partial charge on any atom is 0.437 e. The Hall–Kier alpha value is -2.82. The predicted molar refractivity (Wildman–Crippen MR) is 118 cm³/mol. The molecule has 0 saturated heterocycles. The van der Waals surface area contributed by atoms with E-state index in [-0.39, 0.29) is 46.2 Å². The number of pyridine rings is 1. The lowest BCUT2D eigenvalue weighted by molar-refractivity contribution is -0.142. The van der Waals surface area contributed by atoms with Crippen LogP contribution in [-0.2, 0) is 25.7 Å². The SMILES string of the molecule is Cc1cc(C)c(CN2CCc3c(Cl)cc(-c4c(C(F)(F)F)noc4CO)c(Cl)c3C2=O)c(=O)[nH]1. The maximum atomic E-state index is 13.6. The molecule has 7 nitrogen and oxygen atoms in total. The van der Waals surface area contributed by atoms with Crippen LogP contribution in [0.2, 0.25) is 10.0 Å². The molecule has 0 aliphatic carbocycles. The van der Waals surface area contributed by atoms with E-state index in [4.69, 9.17) is 23.2 Å². The Kier molecular flexibility index (Phi) is 6.26. The highest BCUT2D eigenvalue weighted by molar-refractivity contribution is 6.39. The molecule has 2 N–H and O–H groups in total. The third-order valence-electron chi connectivity index (χ3n) is 5.74. The second kappa shape index (κ2) is 8.75. The number of benzene rings is 1. The number of aliphatic hydroxyl groups is 1. The lowest BCUT2D eigenvalue weighted by atomic mass is 9.92. The quantitative estimate of drug-likeness (QED) is 0.526. The fraction of sp³-hybridized carbons (Fsp3) is 0.318. The van der Waals surface area contributed by atoms with E-state index in [1.54, 1.807) is 19.9 Å². The summed E-state index contributed by atoms with van der Waals surface area (Å²) in [6.45, 7) is 2.84. The number of carbonyl (C=O) groups is 1. The topological polar surface area (TPSA) is 99.4 Å². The number of alkyl halides is 3. The smallest absolute Gasteiger partial charge is 0.388 e. The first kappa shape index (κ1) is 24.3. The Bertz CT molecular complexity index is 1360. The van der Waals surface area contributed by atoms with Gasteiger partial charge in [0, 0.05) is 28.4 Å². The Morgan fingerprint density at radius 1 is 1.21 bits per heavy atom. The molecule has 180 valence electrons. The number of halogens is 5. The molecule has 0 bridgehead atoms. The number of H-pyrrole nitrogens is 1. The normalized spacial score (nSPS) is 14.0. The average molecular weight is 516 g/mol. The number of aromatic amines is 1. The van der Waals surface area contributed by atoms with E-state index in [0.717, 1.165) is 0 Å². The van der Waals surface area contributed by atoms with Gasteiger partial charge in [0.25, 0.3) is 11.5 Å². The molecule has 3 aromatic rings. The maximum absolute atomic E-state index is 13.6. The number of aryl methyl sites for hydroxylation is 2. The van der Waals surface area contributed by atoms with Crippen LogP contribution in [0.15, 0.2) is 21.5 Å². The monoisotopic (exact) mass is 515 g/mol. The molecular weight excluding hydrogens is 498 g/mol. The summed E-state index contributed by atoms with van der Waals surface area (Å²) in [6.07, 6.45) is -4.62. The van der Waals surface area contributed by atoms with Crippen molar-refractivity contribution in [2.75, 3.05) is 6.54 Å². The second-order valence-electron chi connectivity index (χ2n) is 7.98. The van der Waals surface area contributed by atoms with Crippen LogP contribution < -0.4 is 5.56 Å². The van der Waals surface area contributed by atoms with Gasteiger partial charge in [0.1, 0.15) is 6.61 Å². The zero-order valence-corrected chi connectivity index (χ0v) is 19.5. The molecular formula is C22H18Cl2F3N3O4. The molecule has 0 saturated carbocycles. The van der Waals surface area contributed by atoms with Crippen LogP contribution in [0.25, 0.3) is 11.1 Å². The summed E-state index contributed by atoms with van der Waals surface area (Å²) >= 11 is 12.9. The van der Waals surface area contributed by atoms with E-state index < -0.39 is 35.7 Å². The van der Waals surface area contributed by atoms with Crippen molar-refractivity contribution in [3.63, 3.8) is 0 Å². The van der Waals surface area contributed by atoms with E-state index in [0.29, 0.717) is 22.4 Å². The van der Waals surface area contributed by atoms with Crippen molar-refractivity contribution < 1.29 is 27.6 Å². The number of carbonyl (C=O) groups excluding carboxylic acids is 1. The highest BCUT2D eigenvalue weighted by Crippen LogP contribution is 2.45. The van der Waals surface area contributed by atoms with Gasteiger partial charge in [0.05, 0.1) is 22.7 Å². The van der Waals surface area contributed by atoms with Crippen molar-refractivity contribution in [3.05, 3.63) is 71.9 Å². The Labute approximate surface area is 201 Å². The minimum absolute atomic E-state index is 0.0130.